The summed E-state index contributed by atoms with van der Waals surface area (Å²) in [5.41, 5.74) is 4.53. The molecule has 0 amide bonds. The summed E-state index contributed by atoms with van der Waals surface area (Å²) in [5, 5.41) is 2.25. The van der Waals surface area contributed by atoms with Crippen molar-refractivity contribution in [1.29, 1.82) is 0 Å². The summed E-state index contributed by atoms with van der Waals surface area (Å²) < 4.78 is 28.2. The van der Waals surface area contributed by atoms with Gasteiger partial charge in [-0.1, -0.05) is 196 Å². The minimum absolute atomic E-state index is 0.212. The van der Waals surface area contributed by atoms with Gasteiger partial charge >= 0.3 is 0 Å². The third kappa shape index (κ3) is 9.74. The minimum atomic E-state index is -2.94. The molecule has 0 heterocycles. The molecule has 6 aromatic rings. The molecular formula is C52H58O4Si. The Kier molecular flexibility index (Phi) is 14.2. The van der Waals surface area contributed by atoms with E-state index in [2.05, 4.69) is 204 Å². The third-order valence-electron chi connectivity index (χ3n) is 10.8. The first-order valence-electron chi connectivity index (χ1n) is 20.1. The molecule has 6 rings (SSSR count). The van der Waals surface area contributed by atoms with E-state index in [4.69, 9.17) is 18.6 Å². The van der Waals surface area contributed by atoms with Gasteiger partial charge in [0.15, 0.2) is 0 Å². The van der Waals surface area contributed by atoms with Gasteiger partial charge in [0.1, 0.15) is 17.5 Å². The zero-order valence-electron chi connectivity index (χ0n) is 34.4. The largest absolute Gasteiger partial charge is 0.497 e. The van der Waals surface area contributed by atoms with Crippen molar-refractivity contribution >= 4 is 18.7 Å². The molecule has 294 valence electrons. The average Bonchev–Trinajstić information content (AvgIpc) is 3.25. The van der Waals surface area contributed by atoms with Gasteiger partial charge in [0.2, 0.25) is 0 Å². The standard InChI is InChI=1S/C52H58O4Si/c1-41(2)23-22-34-49(56-52(43-24-12-7-13-25-43,44-26-14-8-15-27-44)45-28-16-9-17-29-45)50(54-39-42-35-37-46(53-6)38-36-42)40-55-57(51(3,4)5,47-30-18-10-19-31-47)48-32-20-11-21-33-48/h7-21,23-33,35-38,49-50H,22,34,39-40H2,1-6H3/t49-,50-/m1/s1. The maximum atomic E-state index is 7.89. The molecule has 6 aromatic carbocycles. The first-order valence-corrected chi connectivity index (χ1v) is 22.1. The van der Waals surface area contributed by atoms with Gasteiger partial charge in [0.05, 0.1) is 26.4 Å². The molecule has 4 nitrogen and oxygen atoms in total. The van der Waals surface area contributed by atoms with E-state index in [1.807, 2.05) is 12.1 Å². The summed E-state index contributed by atoms with van der Waals surface area (Å²) in [7, 11) is -1.25. The predicted octanol–water partition coefficient (Wildman–Crippen LogP) is 11.3. The van der Waals surface area contributed by atoms with Crippen LogP contribution < -0.4 is 15.1 Å². The van der Waals surface area contributed by atoms with Crippen molar-refractivity contribution in [2.45, 2.75) is 76.9 Å². The third-order valence-corrected chi connectivity index (χ3v) is 15.8. The monoisotopic (exact) mass is 774 g/mol. The topological polar surface area (TPSA) is 36.9 Å². The van der Waals surface area contributed by atoms with Crippen molar-refractivity contribution < 1.29 is 18.6 Å². The van der Waals surface area contributed by atoms with Crippen LogP contribution in [0.2, 0.25) is 5.04 Å². The number of rotatable bonds is 18. The fraction of sp³-hybridized carbons (Fsp3) is 0.269. The maximum Gasteiger partial charge on any atom is 0.261 e. The molecule has 0 N–H and O–H groups in total. The van der Waals surface area contributed by atoms with Crippen LogP contribution in [0.1, 0.15) is 69.7 Å². The lowest BCUT2D eigenvalue weighted by atomic mass is 9.79. The van der Waals surface area contributed by atoms with Crippen LogP contribution in [0.4, 0.5) is 0 Å². The van der Waals surface area contributed by atoms with Crippen molar-refractivity contribution in [3.8, 4) is 5.75 Å². The number of benzene rings is 6. The first kappa shape index (κ1) is 41.6. The average molecular weight is 775 g/mol. The van der Waals surface area contributed by atoms with Crippen molar-refractivity contribution in [2.24, 2.45) is 0 Å². The van der Waals surface area contributed by atoms with Crippen LogP contribution in [-0.4, -0.2) is 34.2 Å². The molecule has 0 aliphatic heterocycles. The highest BCUT2D eigenvalue weighted by molar-refractivity contribution is 6.99. The van der Waals surface area contributed by atoms with Gasteiger partial charge in [0, 0.05) is 0 Å². The quantitative estimate of drug-likeness (QED) is 0.0495. The first-order chi connectivity index (χ1) is 27.7. The number of ether oxygens (including phenoxy) is 3. The SMILES string of the molecule is COc1ccc(CO[C@H](CO[Si](c2ccccc2)(c2ccccc2)C(C)(C)C)[C@@H](CCC=C(C)C)OC(c2ccccc2)(c2ccccc2)c2ccccc2)cc1. The number of methoxy groups -OCH3 is 1. The molecule has 0 aliphatic rings. The molecule has 0 spiro atoms. The lowest BCUT2D eigenvalue weighted by Gasteiger charge is -2.45. The molecule has 0 fully saturated rings. The van der Waals surface area contributed by atoms with Crippen molar-refractivity contribution in [1.82, 2.24) is 0 Å². The summed E-state index contributed by atoms with van der Waals surface area (Å²) in [5.74, 6) is 0.812. The van der Waals surface area contributed by atoms with Gasteiger partial charge in [-0.3, -0.25) is 0 Å². The summed E-state index contributed by atoms with van der Waals surface area (Å²) in [6.07, 6.45) is 3.00. The van der Waals surface area contributed by atoms with Gasteiger partial charge in [-0.15, -0.1) is 0 Å². The summed E-state index contributed by atoms with van der Waals surface area (Å²) >= 11 is 0. The Morgan fingerprint density at radius 3 is 1.42 bits per heavy atom. The van der Waals surface area contributed by atoms with Crippen LogP contribution >= 0.6 is 0 Å². The van der Waals surface area contributed by atoms with Gasteiger partial charge in [-0.05, 0) is 76.5 Å². The normalized spacial score (nSPS) is 13.1. The van der Waals surface area contributed by atoms with Gasteiger partial charge < -0.3 is 18.6 Å². The zero-order valence-corrected chi connectivity index (χ0v) is 35.4. The number of allylic oxidation sites excluding steroid dienone is 2. The van der Waals surface area contributed by atoms with Gasteiger partial charge in [-0.25, -0.2) is 0 Å². The van der Waals surface area contributed by atoms with E-state index < -0.39 is 26.1 Å². The van der Waals surface area contributed by atoms with Gasteiger partial charge in [0.25, 0.3) is 8.32 Å². The highest BCUT2D eigenvalue weighted by Gasteiger charge is 2.51. The highest BCUT2D eigenvalue weighted by Crippen LogP contribution is 2.43. The predicted molar refractivity (Wildman–Crippen MR) is 238 cm³/mol. The molecule has 0 aromatic heterocycles. The minimum Gasteiger partial charge on any atom is -0.497 e. The summed E-state index contributed by atoms with van der Waals surface area (Å²) in [4.78, 5) is 0. The highest BCUT2D eigenvalue weighted by atomic mass is 28.4. The lowest BCUT2D eigenvalue weighted by molar-refractivity contribution is -0.139. The molecule has 57 heavy (non-hydrogen) atoms. The van der Waals surface area contributed by atoms with E-state index >= 15 is 0 Å². The van der Waals surface area contributed by atoms with Crippen LogP contribution in [0.3, 0.4) is 0 Å². The number of hydrogen-bond donors (Lipinski definition) is 0. The fourth-order valence-electron chi connectivity index (χ4n) is 7.96. The van der Waals surface area contributed by atoms with Crippen molar-refractivity contribution in [3.05, 3.63) is 210 Å². The second-order valence-corrected chi connectivity index (χ2v) is 20.3. The van der Waals surface area contributed by atoms with E-state index in [0.29, 0.717) is 13.2 Å². The van der Waals surface area contributed by atoms with Gasteiger partial charge in [-0.2, -0.15) is 0 Å². The zero-order chi connectivity index (χ0) is 40.1. The van der Waals surface area contributed by atoms with E-state index in [1.165, 1.54) is 15.9 Å². The van der Waals surface area contributed by atoms with Crippen LogP contribution in [-0.2, 0) is 26.1 Å². The van der Waals surface area contributed by atoms with Crippen molar-refractivity contribution in [3.63, 3.8) is 0 Å². The molecule has 0 saturated heterocycles. The summed E-state index contributed by atoms with van der Waals surface area (Å²) in [6, 6.07) is 61.6. The summed E-state index contributed by atoms with van der Waals surface area (Å²) in [6.45, 7) is 12.0. The molecule has 2 atom stereocenters. The molecule has 0 saturated carbocycles. The molecule has 0 bridgehead atoms. The Hall–Kier alpha value is -5.04. The Balaban J connectivity index is 1.52. The smallest absolute Gasteiger partial charge is 0.261 e. The Morgan fingerprint density at radius 2 is 1.02 bits per heavy atom. The van der Waals surface area contributed by atoms with E-state index in [1.54, 1.807) is 7.11 Å². The molecular weight excluding hydrogens is 717 g/mol. The maximum absolute atomic E-state index is 7.89. The second-order valence-electron chi connectivity index (χ2n) is 16.0. The van der Waals surface area contributed by atoms with Crippen LogP contribution in [0, 0.1) is 0 Å². The molecule has 0 aliphatic carbocycles. The van der Waals surface area contributed by atoms with E-state index in [0.717, 1.165) is 40.8 Å². The number of hydrogen-bond acceptors (Lipinski definition) is 4. The molecule has 0 unspecified atom stereocenters. The molecule has 0 radical (unpaired) electrons. The lowest BCUT2D eigenvalue weighted by Crippen LogP contribution is -2.67. The van der Waals surface area contributed by atoms with E-state index in [-0.39, 0.29) is 5.04 Å². The Bertz CT molecular complexity index is 1960. The van der Waals surface area contributed by atoms with Crippen molar-refractivity contribution in [2.75, 3.05) is 13.7 Å². The fourth-order valence-corrected chi connectivity index (χ4v) is 12.5. The van der Waals surface area contributed by atoms with E-state index in [9.17, 15) is 0 Å². The Labute approximate surface area is 342 Å². The van der Waals surface area contributed by atoms with Crippen LogP contribution in [0.15, 0.2) is 188 Å². The molecule has 5 heteroatoms. The van der Waals surface area contributed by atoms with Crippen LogP contribution in [0.25, 0.3) is 0 Å². The second kappa shape index (κ2) is 19.4. The Morgan fingerprint density at radius 1 is 0.579 bits per heavy atom. The van der Waals surface area contributed by atoms with Crippen LogP contribution in [0.5, 0.6) is 5.75 Å².